The second-order valence-electron chi connectivity index (χ2n) is 7.66. The fourth-order valence-electron chi connectivity index (χ4n) is 3.43. The number of ether oxygens (including phenoxy) is 1. The first-order chi connectivity index (χ1) is 16.2. The van der Waals surface area contributed by atoms with E-state index in [2.05, 4.69) is 0 Å². The summed E-state index contributed by atoms with van der Waals surface area (Å²) in [4.78, 5) is 51.3. The molecule has 0 saturated heterocycles. The summed E-state index contributed by atoms with van der Waals surface area (Å²) in [7, 11) is 1.63. The van der Waals surface area contributed by atoms with Crippen molar-refractivity contribution in [2.75, 3.05) is 4.90 Å². The third-order valence-electron chi connectivity index (χ3n) is 5.37. The molecule has 3 aromatic rings. The van der Waals surface area contributed by atoms with Crippen LogP contribution in [-0.2, 0) is 28.0 Å². The van der Waals surface area contributed by atoms with Crippen molar-refractivity contribution in [2.45, 2.75) is 32.4 Å². The summed E-state index contributed by atoms with van der Waals surface area (Å²) in [5.74, 6) is -2.06. The predicted octanol–water partition coefficient (Wildman–Crippen LogP) is 2.35. The van der Waals surface area contributed by atoms with Crippen molar-refractivity contribution < 1.29 is 24.2 Å². The molecule has 0 radical (unpaired) electrons. The predicted molar refractivity (Wildman–Crippen MR) is 125 cm³/mol. The minimum Gasteiger partial charge on any atom is -0.480 e. The number of aromatic nitrogens is 2. The zero-order valence-corrected chi connectivity index (χ0v) is 18.9. The maximum Gasteiger partial charge on any atom is 0.421 e. The summed E-state index contributed by atoms with van der Waals surface area (Å²) in [5.41, 5.74) is 6.34. The number of imide groups is 1. The van der Waals surface area contributed by atoms with E-state index in [0.29, 0.717) is 21.8 Å². The number of aliphatic carboxylic acids is 1. The van der Waals surface area contributed by atoms with Gasteiger partial charge in [0.15, 0.2) is 0 Å². The Kier molecular flexibility index (Phi) is 7.64. The SMILES string of the molecule is Cc1c(N(C(=O)CC[C@H](N)C(=O)O)C(=O)OCc2ccccc2)c(=O)n(-c2ccccc2)n1C. The highest BCUT2D eigenvalue weighted by Crippen LogP contribution is 2.21. The van der Waals surface area contributed by atoms with Crippen LogP contribution in [0, 0.1) is 6.92 Å². The lowest BCUT2D eigenvalue weighted by molar-refractivity contribution is -0.138. The molecule has 3 rings (SSSR count). The summed E-state index contributed by atoms with van der Waals surface area (Å²) < 4.78 is 8.21. The molecule has 0 aliphatic heterocycles. The Bertz CT molecular complexity index is 1230. The number of benzene rings is 2. The van der Waals surface area contributed by atoms with E-state index < -0.39 is 29.6 Å². The van der Waals surface area contributed by atoms with Gasteiger partial charge in [-0.1, -0.05) is 48.5 Å². The normalized spacial score (nSPS) is 11.6. The topological polar surface area (TPSA) is 137 Å². The van der Waals surface area contributed by atoms with E-state index in [9.17, 15) is 19.2 Å². The summed E-state index contributed by atoms with van der Waals surface area (Å²) in [6, 6.07) is 16.3. The van der Waals surface area contributed by atoms with Crippen molar-refractivity contribution in [3.8, 4) is 5.69 Å². The Hall–Kier alpha value is -4.18. The average Bonchev–Trinajstić information content (AvgIpc) is 3.05. The number of rotatable bonds is 8. The van der Waals surface area contributed by atoms with Crippen LogP contribution in [0.3, 0.4) is 0 Å². The molecule has 1 atom stereocenters. The number of nitrogens with two attached hydrogens (primary N) is 1. The molecule has 2 amide bonds. The van der Waals surface area contributed by atoms with Gasteiger partial charge >= 0.3 is 12.1 Å². The Morgan fingerprint density at radius 1 is 1.06 bits per heavy atom. The molecule has 0 fully saturated rings. The van der Waals surface area contributed by atoms with Crippen molar-refractivity contribution in [1.82, 2.24) is 9.36 Å². The lowest BCUT2D eigenvalue weighted by Gasteiger charge is -2.20. The van der Waals surface area contributed by atoms with Gasteiger partial charge in [-0.2, -0.15) is 0 Å². The van der Waals surface area contributed by atoms with Crippen LogP contribution in [0.1, 0.15) is 24.1 Å². The van der Waals surface area contributed by atoms with Crippen molar-refractivity contribution in [2.24, 2.45) is 12.8 Å². The number of hydrogen-bond donors (Lipinski definition) is 2. The first-order valence-electron chi connectivity index (χ1n) is 10.6. The molecular weight excluding hydrogens is 440 g/mol. The molecule has 0 aliphatic carbocycles. The Morgan fingerprint density at radius 2 is 1.65 bits per heavy atom. The number of amides is 2. The Morgan fingerprint density at radius 3 is 2.24 bits per heavy atom. The van der Waals surface area contributed by atoms with Gasteiger partial charge in [-0.15, -0.1) is 0 Å². The highest BCUT2D eigenvalue weighted by atomic mass is 16.6. The number of nitrogens with zero attached hydrogens (tertiary/aromatic N) is 3. The minimum atomic E-state index is -1.29. The molecule has 0 unspecified atom stereocenters. The zero-order valence-electron chi connectivity index (χ0n) is 18.9. The number of hydrogen-bond acceptors (Lipinski definition) is 6. The van der Waals surface area contributed by atoms with E-state index in [-0.39, 0.29) is 25.1 Å². The molecule has 10 nitrogen and oxygen atoms in total. The summed E-state index contributed by atoms with van der Waals surface area (Å²) in [5, 5.41) is 9.03. The maximum atomic E-state index is 13.4. The van der Waals surface area contributed by atoms with E-state index in [0.717, 1.165) is 0 Å². The van der Waals surface area contributed by atoms with Crippen LogP contribution in [-0.4, -0.2) is 38.5 Å². The van der Waals surface area contributed by atoms with E-state index in [1.54, 1.807) is 68.6 Å². The van der Waals surface area contributed by atoms with E-state index in [1.807, 2.05) is 6.07 Å². The van der Waals surface area contributed by atoms with E-state index >= 15 is 0 Å². The lowest BCUT2D eigenvalue weighted by atomic mass is 10.1. The number of para-hydroxylation sites is 1. The quantitative estimate of drug-likeness (QED) is 0.520. The van der Waals surface area contributed by atoms with Crippen molar-refractivity contribution in [1.29, 1.82) is 0 Å². The van der Waals surface area contributed by atoms with Gasteiger partial charge in [0.1, 0.15) is 18.3 Å². The fourth-order valence-corrected chi connectivity index (χ4v) is 3.43. The molecule has 1 heterocycles. The largest absolute Gasteiger partial charge is 0.480 e. The van der Waals surface area contributed by atoms with Crippen LogP contribution in [0.15, 0.2) is 65.5 Å². The molecule has 10 heteroatoms. The number of carboxylic acids is 1. The summed E-state index contributed by atoms with van der Waals surface area (Å²) >= 11 is 0. The maximum absolute atomic E-state index is 13.4. The van der Waals surface area contributed by atoms with Crippen LogP contribution >= 0.6 is 0 Å². The summed E-state index contributed by atoms with van der Waals surface area (Å²) in [6.45, 7) is 1.49. The van der Waals surface area contributed by atoms with Gasteiger partial charge < -0.3 is 15.6 Å². The number of carbonyl (C=O) groups is 3. The standard InChI is InChI=1S/C24H26N4O6/c1-16-21(22(30)28(26(16)2)18-11-7-4-8-12-18)27(20(29)14-13-19(25)23(31)32)24(33)34-15-17-9-5-3-6-10-17/h3-12,19H,13-15,25H2,1-2H3,(H,31,32)/t19-/m0/s1. The number of carboxylic acid groups (broad SMARTS) is 1. The van der Waals surface area contributed by atoms with Gasteiger partial charge in [-0.3, -0.25) is 19.1 Å². The minimum absolute atomic E-state index is 0.114. The number of carbonyl (C=O) groups excluding carboxylic acids is 2. The lowest BCUT2D eigenvalue weighted by Crippen LogP contribution is -2.41. The first-order valence-corrected chi connectivity index (χ1v) is 10.6. The van der Waals surface area contributed by atoms with Crippen LogP contribution in [0.4, 0.5) is 10.5 Å². The highest BCUT2D eigenvalue weighted by molar-refractivity contribution is 6.12. The molecule has 1 aromatic heterocycles. The molecule has 0 aliphatic rings. The average molecular weight is 466 g/mol. The third kappa shape index (κ3) is 5.24. The molecule has 34 heavy (non-hydrogen) atoms. The van der Waals surface area contributed by atoms with Gasteiger partial charge in [0.2, 0.25) is 5.91 Å². The van der Waals surface area contributed by atoms with Gasteiger partial charge in [-0.25, -0.2) is 14.4 Å². The van der Waals surface area contributed by atoms with Gasteiger partial charge in [0.25, 0.3) is 5.56 Å². The second-order valence-corrected chi connectivity index (χ2v) is 7.66. The molecule has 3 N–H and O–H groups in total. The third-order valence-corrected chi connectivity index (χ3v) is 5.37. The molecule has 0 saturated carbocycles. The van der Waals surface area contributed by atoms with Crippen LogP contribution < -0.4 is 16.2 Å². The number of anilines is 1. The van der Waals surface area contributed by atoms with Crippen LogP contribution in [0.25, 0.3) is 5.69 Å². The fraction of sp³-hybridized carbons (Fsp3) is 0.250. The van der Waals surface area contributed by atoms with E-state index in [4.69, 9.17) is 15.6 Å². The summed E-state index contributed by atoms with van der Waals surface area (Å²) in [6.07, 6.45) is -1.62. The van der Waals surface area contributed by atoms with Crippen molar-refractivity contribution >= 4 is 23.7 Å². The first kappa shape index (κ1) is 24.5. The highest BCUT2D eigenvalue weighted by Gasteiger charge is 2.33. The Labute approximate surface area is 195 Å². The monoisotopic (exact) mass is 466 g/mol. The van der Waals surface area contributed by atoms with Gasteiger partial charge in [0.05, 0.1) is 11.4 Å². The second kappa shape index (κ2) is 10.6. The van der Waals surface area contributed by atoms with Crippen molar-refractivity contribution in [3.05, 3.63) is 82.3 Å². The van der Waals surface area contributed by atoms with Gasteiger partial charge in [-0.05, 0) is 31.0 Å². The molecule has 0 spiro atoms. The van der Waals surface area contributed by atoms with E-state index in [1.165, 1.54) is 9.36 Å². The zero-order chi connectivity index (χ0) is 24.8. The van der Waals surface area contributed by atoms with Crippen LogP contribution in [0.2, 0.25) is 0 Å². The van der Waals surface area contributed by atoms with Gasteiger partial charge in [0, 0.05) is 13.5 Å². The van der Waals surface area contributed by atoms with Crippen molar-refractivity contribution in [3.63, 3.8) is 0 Å². The van der Waals surface area contributed by atoms with Crippen LogP contribution in [0.5, 0.6) is 0 Å². The molecule has 2 aromatic carbocycles. The molecule has 178 valence electrons. The molecule has 0 bridgehead atoms. The smallest absolute Gasteiger partial charge is 0.421 e. The Balaban J connectivity index is 1.99. The molecular formula is C24H26N4O6.